The van der Waals surface area contributed by atoms with E-state index in [4.69, 9.17) is 0 Å². The third kappa shape index (κ3) is 4.93. The van der Waals surface area contributed by atoms with Crippen LogP contribution in [-0.4, -0.2) is 31.9 Å². The molecule has 1 aromatic carbocycles. The molecule has 0 fully saturated rings. The maximum absolute atomic E-state index is 11.7. The van der Waals surface area contributed by atoms with Crippen LogP contribution in [0.25, 0.3) is 0 Å². The highest BCUT2D eigenvalue weighted by atomic mass is 32.2. The first-order valence-electron chi connectivity index (χ1n) is 6.61. The van der Waals surface area contributed by atoms with E-state index in [2.05, 4.69) is 5.32 Å². The number of sulfone groups is 1. The van der Waals surface area contributed by atoms with Crippen molar-refractivity contribution in [1.29, 1.82) is 0 Å². The first-order valence-corrected chi connectivity index (χ1v) is 8.26. The Hall–Kier alpha value is -0.910. The largest absolute Gasteiger partial charge is 0.393 e. The second kappa shape index (κ2) is 7.03. The highest BCUT2D eigenvalue weighted by Crippen LogP contribution is 2.17. The Morgan fingerprint density at radius 1 is 1.21 bits per heavy atom. The van der Waals surface area contributed by atoms with Crippen molar-refractivity contribution in [2.24, 2.45) is 0 Å². The number of rotatable bonds is 7. The van der Waals surface area contributed by atoms with Crippen LogP contribution in [0.4, 0.5) is 0 Å². The van der Waals surface area contributed by atoms with E-state index in [0.29, 0.717) is 11.3 Å². The smallest absolute Gasteiger partial charge is 0.178 e. The fourth-order valence-electron chi connectivity index (χ4n) is 1.76. The Kier molecular flexibility index (Phi) is 5.97. The van der Waals surface area contributed by atoms with Crippen molar-refractivity contribution in [2.45, 2.75) is 44.2 Å². The van der Waals surface area contributed by atoms with Gasteiger partial charge in [-0.1, -0.05) is 19.1 Å². The zero-order valence-corrected chi connectivity index (χ0v) is 12.6. The standard InChI is InChI=1S/C14H23NO3S/c1-4-19(17,18)14-7-5-13(6-8-14)12(3)15-10-9-11(2)16/h5-8,11-12,15-16H,4,9-10H2,1-3H3. The summed E-state index contributed by atoms with van der Waals surface area (Å²) in [5, 5.41) is 12.5. The molecule has 1 aromatic rings. The van der Waals surface area contributed by atoms with Crippen LogP contribution in [0.5, 0.6) is 0 Å². The van der Waals surface area contributed by atoms with Crippen LogP contribution >= 0.6 is 0 Å². The lowest BCUT2D eigenvalue weighted by molar-refractivity contribution is 0.182. The Bertz CT molecular complexity index is 480. The molecule has 0 aliphatic carbocycles. The summed E-state index contributed by atoms with van der Waals surface area (Å²) >= 11 is 0. The van der Waals surface area contributed by atoms with Gasteiger partial charge in [-0.3, -0.25) is 0 Å². The molecule has 0 aromatic heterocycles. The Morgan fingerprint density at radius 2 is 1.79 bits per heavy atom. The zero-order chi connectivity index (χ0) is 14.5. The minimum absolute atomic E-state index is 0.120. The minimum Gasteiger partial charge on any atom is -0.393 e. The molecular weight excluding hydrogens is 262 g/mol. The summed E-state index contributed by atoms with van der Waals surface area (Å²) in [6.07, 6.45) is 0.392. The van der Waals surface area contributed by atoms with Crippen molar-refractivity contribution in [1.82, 2.24) is 5.32 Å². The van der Waals surface area contributed by atoms with Gasteiger partial charge in [0, 0.05) is 6.04 Å². The molecule has 0 heterocycles. The van der Waals surface area contributed by atoms with E-state index < -0.39 is 9.84 Å². The van der Waals surface area contributed by atoms with E-state index in [-0.39, 0.29) is 17.9 Å². The van der Waals surface area contributed by atoms with Gasteiger partial charge in [-0.2, -0.15) is 0 Å². The van der Waals surface area contributed by atoms with Gasteiger partial charge in [-0.05, 0) is 44.5 Å². The monoisotopic (exact) mass is 285 g/mol. The van der Waals surface area contributed by atoms with Crippen molar-refractivity contribution in [3.8, 4) is 0 Å². The van der Waals surface area contributed by atoms with E-state index in [0.717, 1.165) is 12.1 Å². The second-order valence-electron chi connectivity index (χ2n) is 4.79. The molecule has 0 aliphatic heterocycles. The fraction of sp³-hybridized carbons (Fsp3) is 0.571. The van der Waals surface area contributed by atoms with Crippen LogP contribution in [0.3, 0.4) is 0 Å². The third-order valence-electron chi connectivity index (χ3n) is 3.13. The fourth-order valence-corrected chi connectivity index (χ4v) is 2.64. The van der Waals surface area contributed by atoms with Crippen molar-refractivity contribution in [2.75, 3.05) is 12.3 Å². The van der Waals surface area contributed by atoms with Crippen LogP contribution in [0, 0.1) is 0 Å². The quantitative estimate of drug-likeness (QED) is 0.803. The van der Waals surface area contributed by atoms with Gasteiger partial charge in [0.05, 0.1) is 16.8 Å². The lowest BCUT2D eigenvalue weighted by Crippen LogP contribution is -2.22. The summed E-state index contributed by atoms with van der Waals surface area (Å²) in [7, 11) is -3.12. The molecule has 2 atom stereocenters. The van der Waals surface area contributed by atoms with Gasteiger partial charge in [0.15, 0.2) is 9.84 Å². The summed E-state index contributed by atoms with van der Waals surface area (Å²) < 4.78 is 23.4. The zero-order valence-electron chi connectivity index (χ0n) is 11.8. The highest BCUT2D eigenvalue weighted by Gasteiger charge is 2.12. The Morgan fingerprint density at radius 3 is 2.26 bits per heavy atom. The molecule has 0 saturated carbocycles. The molecule has 0 amide bonds. The Labute approximate surface area is 115 Å². The normalized spacial score (nSPS) is 15.2. The van der Waals surface area contributed by atoms with Gasteiger partial charge in [0.2, 0.25) is 0 Å². The van der Waals surface area contributed by atoms with Crippen LogP contribution in [-0.2, 0) is 9.84 Å². The summed E-state index contributed by atoms with van der Waals surface area (Å²) in [5.41, 5.74) is 1.04. The molecule has 0 radical (unpaired) electrons. The average molecular weight is 285 g/mol. The molecule has 0 saturated heterocycles. The molecule has 0 aliphatic rings. The van der Waals surface area contributed by atoms with Crippen LogP contribution in [0.2, 0.25) is 0 Å². The molecule has 108 valence electrons. The first-order chi connectivity index (χ1) is 8.86. The van der Waals surface area contributed by atoms with Gasteiger partial charge in [0.25, 0.3) is 0 Å². The molecule has 5 heteroatoms. The van der Waals surface area contributed by atoms with Gasteiger partial charge >= 0.3 is 0 Å². The maximum atomic E-state index is 11.7. The summed E-state index contributed by atoms with van der Waals surface area (Å²) in [4.78, 5) is 0.370. The van der Waals surface area contributed by atoms with E-state index in [1.54, 1.807) is 26.0 Å². The molecule has 4 nitrogen and oxygen atoms in total. The summed E-state index contributed by atoms with van der Waals surface area (Å²) in [6.45, 7) is 6.15. The Balaban J connectivity index is 2.66. The van der Waals surface area contributed by atoms with E-state index in [9.17, 15) is 13.5 Å². The van der Waals surface area contributed by atoms with Crippen LogP contribution in [0.15, 0.2) is 29.2 Å². The van der Waals surface area contributed by atoms with Crippen molar-refractivity contribution >= 4 is 9.84 Å². The molecule has 1 rings (SSSR count). The SMILES string of the molecule is CCS(=O)(=O)c1ccc(C(C)NCCC(C)O)cc1. The molecular formula is C14H23NO3S. The first kappa shape index (κ1) is 16.1. The minimum atomic E-state index is -3.12. The lowest BCUT2D eigenvalue weighted by atomic mass is 10.1. The number of hydrogen-bond acceptors (Lipinski definition) is 4. The number of nitrogens with one attached hydrogen (secondary N) is 1. The van der Waals surface area contributed by atoms with Crippen LogP contribution < -0.4 is 5.32 Å². The van der Waals surface area contributed by atoms with Crippen molar-refractivity contribution < 1.29 is 13.5 Å². The number of aliphatic hydroxyl groups is 1. The summed E-state index contributed by atoms with van der Waals surface area (Å²) in [5.74, 6) is 0.120. The number of benzene rings is 1. The summed E-state index contributed by atoms with van der Waals surface area (Å²) in [6, 6.07) is 7.12. The second-order valence-corrected chi connectivity index (χ2v) is 7.06. The third-order valence-corrected chi connectivity index (χ3v) is 4.88. The molecule has 19 heavy (non-hydrogen) atoms. The topological polar surface area (TPSA) is 66.4 Å². The van der Waals surface area contributed by atoms with Gasteiger partial charge in [-0.15, -0.1) is 0 Å². The molecule has 0 bridgehead atoms. The van der Waals surface area contributed by atoms with Crippen LogP contribution in [0.1, 0.15) is 38.8 Å². The van der Waals surface area contributed by atoms with Crippen molar-refractivity contribution in [3.05, 3.63) is 29.8 Å². The average Bonchev–Trinajstić information content (AvgIpc) is 2.38. The van der Waals surface area contributed by atoms with E-state index >= 15 is 0 Å². The molecule has 0 spiro atoms. The van der Waals surface area contributed by atoms with Crippen molar-refractivity contribution in [3.63, 3.8) is 0 Å². The maximum Gasteiger partial charge on any atom is 0.178 e. The highest BCUT2D eigenvalue weighted by molar-refractivity contribution is 7.91. The molecule has 2 unspecified atom stereocenters. The number of aliphatic hydroxyl groups excluding tert-OH is 1. The lowest BCUT2D eigenvalue weighted by Gasteiger charge is -2.15. The van der Waals surface area contributed by atoms with E-state index in [1.165, 1.54) is 0 Å². The van der Waals surface area contributed by atoms with Gasteiger partial charge < -0.3 is 10.4 Å². The number of hydrogen-bond donors (Lipinski definition) is 2. The van der Waals surface area contributed by atoms with Gasteiger partial charge in [0.1, 0.15) is 0 Å². The predicted octanol–water partition coefficient (Wildman–Crippen LogP) is 1.90. The van der Waals surface area contributed by atoms with Gasteiger partial charge in [-0.25, -0.2) is 8.42 Å². The predicted molar refractivity (Wildman–Crippen MR) is 76.9 cm³/mol. The van der Waals surface area contributed by atoms with E-state index in [1.807, 2.05) is 19.1 Å². The molecule has 2 N–H and O–H groups in total.